The van der Waals surface area contributed by atoms with Crippen molar-refractivity contribution in [2.75, 3.05) is 20.2 Å². The Bertz CT molecular complexity index is 863. The van der Waals surface area contributed by atoms with E-state index in [1.807, 2.05) is 12.1 Å². The molecular weight excluding hydrogens is 384 g/mol. The van der Waals surface area contributed by atoms with Gasteiger partial charge in [0.2, 0.25) is 10.0 Å². The molecule has 27 heavy (non-hydrogen) atoms. The van der Waals surface area contributed by atoms with Crippen molar-refractivity contribution in [2.24, 2.45) is 0 Å². The van der Waals surface area contributed by atoms with Crippen molar-refractivity contribution in [1.29, 1.82) is 0 Å². The molecule has 3 rings (SSSR count). The first-order chi connectivity index (χ1) is 13.0. The average molecular weight is 409 g/mol. The Labute approximate surface area is 166 Å². The zero-order valence-electron chi connectivity index (χ0n) is 15.4. The first-order valence-corrected chi connectivity index (χ1v) is 11.0. The lowest BCUT2D eigenvalue weighted by molar-refractivity contribution is 0.221. The summed E-state index contributed by atoms with van der Waals surface area (Å²) < 4.78 is 32.6. The molecule has 0 atom stereocenters. The molecule has 0 radical (unpaired) electrons. The van der Waals surface area contributed by atoms with Gasteiger partial charge in [0.25, 0.3) is 0 Å². The number of nitrogens with one attached hydrogen (secondary N) is 1. The predicted octanol–water partition coefficient (Wildman–Crippen LogP) is 3.81. The summed E-state index contributed by atoms with van der Waals surface area (Å²) in [4.78, 5) is 2.59. The molecular formula is C20H25ClN2O3S. The van der Waals surface area contributed by atoms with Crippen molar-refractivity contribution >= 4 is 21.6 Å². The number of benzene rings is 2. The Morgan fingerprint density at radius 2 is 1.70 bits per heavy atom. The van der Waals surface area contributed by atoms with Crippen LogP contribution in [0.2, 0.25) is 5.02 Å². The average Bonchev–Trinajstić information content (AvgIpc) is 2.68. The normalized spacial score (nSPS) is 15.6. The predicted molar refractivity (Wildman–Crippen MR) is 108 cm³/mol. The topological polar surface area (TPSA) is 58.6 Å². The second kappa shape index (κ2) is 9.06. The number of piperidine rings is 1. The fraction of sp³-hybridized carbons (Fsp3) is 0.400. The van der Waals surface area contributed by atoms with E-state index in [0.717, 1.165) is 25.2 Å². The molecule has 5 nitrogen and oxygen atoms in total. The van der Waals surface area contributed by atoms with Gasteiger partial charge in [0.1, 0.15) is 5.75 Å². The lowest BCUT2D eigenvalue weighted by Gasteiger charge is -2.26. The summed E-state index contributed by atoms with van der Waals surface area (Å²) >= 11 is 6.03. The van der Waals surface area contributed by atoms with Crippen LogP contribution in [0.3, 0.4) is 0 Å². The number of hydrogen-bond donors (Lipinski definition) is 1. The SMILES string of the molecule is COc1ccc(S(=O)(=O)NCc2ccc(CN3CCCCC3)cc2)cc1Cl. The zero-order valence-corrected chi connectivity index (χ0v) is 17.0. The van der Waals surface area contributed by atoms with Crippen molar-refractivity contribution < 1.29 is 13.2 Å². The van der Waals surface area contributed by atoms with Crippen LogP contribution in [0.5, 0.6) is 5.75 Å². The highest BCUT2D eigenvalue weighted by Crippen LogP contribution is 2.27. The number of methoxy groups -OCH3 is 1. The van der Waals surface area contributed by atoms with Crippen LogP contribution < -0.4 is 9.46 Å². The van der Waals surface area contributed by atoms with Crippen LogP contribution in [-0.4, -0.2) is 33.5 Å². The van der Waals surface area contributed by atoms with Crippen LogP contribution in [0.15, 0.2) is 47.4 Å². The molecule has 0 aromatic heterocycles. The molecule has 0 unspecified atom stereocenters. The van der Waals surface area contributed by atoms with Gasteiger partial charge in [-0.1, -0.05) is 42.3 Å². The molecule has 0 spiro atoms. The Hall–Kier alpha value is -1.60. The molecule has 1 aliphatic heterocycles. The minimum atomic E-state index is -3.64. The van der Waals surface area contributed by atoms with E-state index < -0.39 is 10.0 Å². The molecule has 1 N–H and O–H groups in total. The molecule has 1 saturated heterocycles. The molecule has 7 heteroatoms. The van der Waals surface area contributed by atoms with E-state index in [2.05, 4.69) is 21.8 Å². The van der Waals surface area contributed by atoms with Crippen LogP contribution in [-0.2, 0) is 23.1 Å². The van der Waals surface area contributed by atoms with Gasteiger partial charge in [-0.25, -0.2) is 13.1 Å². The van der Waals surface area contributed by atoms with Crippen LogP contribution in [0.25, 0.3) is 0 Å². The Balaban J connectivity index is 1.59. The van der Waals surface area contributed by atoms with E-state index in [-0.39, 0.29) is 16.5 Å². The smallest absolute Gasteiger partial charge is 0.240 e. The highest BCUT2D eigenvalue weighted by atomic mass is 35.5. The van der Waals surface area contributed by atoms with E-state index in [9.17, 15) is 8.42 Å². The van der Waals surface area contributed by atoms with Gasteiger partial charge in [-0.3, -0.25) is 4.90 Å². The van der Waals surface area contributed by atoms with E-state index in [1.54, 1.807) is 6.07 Å². The van der Waals surface area contributed by atoms with Crippen LogP contribution in [0.4, 0.5) is 0 Å². The summed E-state index contributed by atoms with van der Waals surface area (Å²) in [5, 5.41) is 0.266. The second-order valence-corrected chi connectivity index (χ2v) is 8.95. The fourth-order valence-electron chi connectivity index (χ4n) is 3.21. The minimum absolute atomic E-state index is 0.120. The van der Waals surface area contributed by atoms with Gasteiger partial charge in [0, 0.05) is 13.1 Å². The first-order valence-electron chi connectivity index (χ1n) is 9.11. The van der Waals surface area contributed by atoms with Crippen molar-refractivity contribution in [3.05, 3.63) is 58.6 Å². The molecule has 146 valence electrons. The molecule has 1 aliphatic rings. The summed E-state index contributed by atoms with van der Waals surface area (Å²) in [6.07, 6.45) is 3.87. The van der Waals surface area contributed by atoms with E-state index >= 15 is 0 Å². The van der Waals surface area contributed by atoms with Crippen LogP contribution in [0.1, 0.15) is 30.4 Å². The highest BCUT2D eigenvalue weighted by Gasteiger charge is 2.16. The number of ether oxygens (including phenoxy) is 1. The minimum Gasteiger partial charge on any atom is -0.495 e. The summed E-state index contributed by atoms with van der Waals surface area (Å²) in [6.45, 7) is 3.50. The fourth-order valence-corrected chi connectivity index (χ4v) is 4.58. The van der Waals surface area contributed by atoms with Crippen molar-refractivity contribution in [2.45, 2.75) is 37.2 Å². The molecule has 0 amide bonds. The standard InChI is InChI=1S/C20H25ClN2O3S/c1-26-20-10-9-18(13-19(20)21)27(24,25)22-14-16-5-7-17(8-6-16)15-23-11-3-2-4-12-23/h5-10,13,22H,2-4,11-12,14-15H2,1H3. The summed E-state index contributed by atoms with van der Waals surface area (Å²) in [5.41, 5.74) is 2.17. The number of halogens is 1. The molecule has 0 bridgehead atoms. The summed E-state index contributed by atoms with van der Waals surface area (Å²) in [7, 11) is -2.15. The number of sulfonamides is 1. The molecule has 0 aliphatic carbocycles. The molecule has 1 heterocycles. The van der Waals surface area contributed by atoms with Gasteiger partial charge in [-0.15, -0.1) is 0 Å². The third-order valence-corrected chi connectivity index (χ3v) is 6.47. The summed E-state index contributed by atoms with van der Waals surface area (Å²) in [6, 6.07) is 12.5. The van der Waals surface area contributed by atoms with E-state index in [1.165, 1.54) is 44.1 Å². The molecule has 2 aromatic carbocycles. The number of hydrogen-bond acceptors (Lipinski definition) is 4. The molecule has 1 fully saturated rings. The van der Waals surface area contributed by atoms with E-state index in [4.69, 9.17) is 16.3 Å². The zero-order chi connectivity index (χ0) is 19.3. The van der Waals surface area contributed by atoms with Crippen LogP contribution in [0, 0.1) is 0 Å². The Morgan fingerprint density at radius 1 is 1.04 bits per heavy atom. The van der Waals surface area contributed by atoms with Crippen LogP contribution >= 0.6 is 11.6 Å². The van der Waals surface area contributed by atoms with Gasteiger partial charge in [-0.2, -0.15) is 0 Å². The lowest BCUT2D eigenvalue weighted by Crippen LogP contribution is -2.29. The van der Waals surface area contributed by atoms with Gasteiger partial charge < -0.3 is 4.74 Å². The highest BCUT2D eigenvalue weighted by molar-refractivity contribution is 7.89. The maximum absolute atomic E-state index is 12.5. The van der Waals surface area contributed by atoms with Gasteiger partial charge >= 0.3 is 0 Å². The van der Waals surface area contributed by atoms with Gasteiger partial charge in [0.05, 0.1) is 17.0 Å². The molecule has 0 saturated carbocycles. The largest absolute Gasteiger partial charge is 0.495 e. The third kappa shape index (κ3) is 5.45. The molecule has 2 aromatic rings. The Kier molecular flexibility index (Phi) is 6.76. The van der Waals surface area contributed by atoms with Gasteiger partial charge in [0.15, 0.2) is 0 Å². The maximum Gasteiger partial charge on any atom is 0.240 e. The van der Waals surface area contributed by atoms with E-state index in [0.29, 0.717) is 5.75 Å². The second-order valence-electron chi connectivity index (χ2n) is 6.77. The Morgan fingerprint density at radius 3 is 2.33 bits per heavy atom. The van der Waals surface area contributed by atoms with Crippen molar-refractivity contribution in [3.63, 3.8) is 0 Å². The lowest BCUT2D eigenvalue weighted by atomic mass is 10.1. The number of rotatable bonds is 7. The monoisotopic (exact) mass is 408 g/mol. The van der Waals surface area contributed by atoms with Crippen molar-refractivity contribution in [3.8, 4) is 5.75 Å². The first kappa shape index (κ1) is 20.1. The quantitative estimate of drug-likeness (QED) is 0.756. The van der Waals surface area contributed by atoms with Crippen molar-refractivity contribution in [1.82, 2.24) is 9.62 Å². The maximum atomic E-state index is 12.5. The summed E-state index contributed by atoms with van der Waals surface area (Å²) in [5.74, 6) is 0.444. The number of likely N-dealkylation sites (tertiary alicyclic amines) is 1. The number of nitrogens with zero attached hydrogens (tertiary/aromatic N) is 1. The third-order valence-electron chi connectivity index (χ3n) is 4.78. The van der Waals surface area contributed by atoms with Gasteiger partial charge in [-0.05, 0) is 55.3 Å².